The van der Waals surface area contributed by atoms with Crippen LogP contribution >= 0.6 is 0 Å². The molecule has 0 fully saturated rings. The van der Waals surface area contributed by atoms with Crippen molar-refractivity contribution in [3.05, 3.63) is 77.3 Å². The maximum Gasteiger partial charge on any atom is 0.573 e. The number of carbonyl (C=O) groups is 2. The second-order valence-electron chi connectivity index (χ2n) is 9.10. The molecular formula is C25H24F5N9O3. The maximum atomic E-state index is 14.6. The highest BCUT2D eigenvalue weighted by atomic mass is 19.4. The van der Waals surface area contributed by atoms with Gasteiger partial charge in [-0.25, -0.2) is 13.5 Å². The van der Waals surface area contributed by atoms with Gasteiger partial charge in [-0.05, 0) is 36.8 Å². The molecule has 3 aromatic heterocycles. The summed E-state index contributed by atoms with van der Waals surface area (Å²) in [5, 5.41) is 20.1. The number of benzene rings is 1. The van der Waals surface area contributed by atoms with Crippen LogP contribution in [-0.4, -0.2) is 59.3 Å². The van der Waals surface area contributed by atoms with Crippen LogP contribution in [0.1, 0.15) is 33.7 Å². The molecule has 222 valence electrons. The highest BCUT2D eigenvalue weighted by molar-refractivity contribution is 5.92. The van der Waals surface area contributed by atoms with Crippen molar-refractivity contribution in [2.24, 2.45) is 0 Å². The van der Waals surface area contributed by atoms with Gasteiger partial charge >= 0.3 is 6.36 Å². The Morgan fingerprint density at radius 1 is 1.07 bits per heavy atom. The minimum absolute atomic E-state index is 0.00335. The van der Waals surface area contributed by atoms with Gasteiger partial charge in [-0.1, -0.05) is 16.5 Å². The molecule has 0 radical (unpaired) electrons. The summed E-state index contributed by atoms with van der Waals surface area (Å²) in [6.07, 6.45) is -2.70. The molecule has 4 aromatic rings. The lowest BCUT2D eigenvalue weighted by Gasteiger charge is -2.10. The van der Waals surface area contributed by atoms with Crippen LogP contribution in [-0.2, 0) is 30.8 Å². The molecule has 0 aliphatic carbocycles. The normalized spacial score (nSPS) is 12.1. The summed E-state index contributed by atoms with van der Waals surface area (Å²) in [6.45, 7) is 2.00. The number of hydrogen-bond acceptors (Lipinski definition) is 8. The molecule has 4 rings (SSSR count). The zero-order valence-corrected chi connectivity index (χ0v) is 22.0. The van der Waals surface area contributed by atoms with Gasteiger partial charge < -0.3 is 15.4 Å². The topological polar surface area (TPSA) is 142 Å². The smallest absolute Gasteiger partial charge is 0.406 e. The first kappa shape index (κ1) is 30.0. The van der Waals surface area contributed by atoms with E-state index in [9.17, 15) is 31.5 Å². The quantitative estimate of drug-likeness (QED) is 0.239. The van der Waals surface area contributed by atoms with E-state index >= 15 is 0 Å². The van der Waals surface area contributed by atoms with E-state index in [2.05, 4.69) is 41.0 Å². The molecule has 17 heteroatoms. The molecule has 42 heavy (non-hydrogen) atoms. The number of halogens is 5. The third-order valence-corrected chi connectivity index (χ3v) is 5.66. The van der Waals surface area contributed by atoms with Crippen LogP contribution < -0.4 is 15.4 Å². The van der Waals surface area contributed by atoms with Crippen molar-refractivity contribution in [2.75, 3.05) is 5.32 Å². The van der Waals surface area contributed by atoms with Crippen LogP contribution in [0, 0.1) is 12.7 Å². The van der Waals surface area contributed by atoms with Crippen molar-refractivity contribution in [2.45, 2.75) is 51.9 Å². The molecule has 0 aliphatic rings. The number of alkyl halides is 4. The van der Waals surface area contributed by atoms with E-state index in [4.69, 9.17) is 0 Å². The first-order valence-electron chi connectivity index (χ1n) is 12.4. The summed E-state index contributed by atoms with van der Waals surface area (Å²) in [5.41, 5.74) is 1.41. The third-order valence-electron chi connectivity index (χ3n) is 5.66. The number of pyridine rings is 1. The minimum Gasteiger partial charge on any atom is -0.406 e. The van der Waals surface area contributed by atoms with Gasteiger partial charge in [0, 0.05) is 37.0 Å². The summed E-state index contributed by atoms with van der Waals surface area (Å²) in [7, 11) is 0. The van der Waals surface area contributed by atoms with Crippen LogP contribution in [0.25, 0.3) is 0 Å². The maximum absolute atomic E-state index is 14.6. The summed E-state index contributed by atoms with van der Waals surface area (Å²) < 4.78 is 72.0. The van der Waals surface area contributed by atoms with Crippen molar-refractivity contribution in [1.82, 2.24) is 40.3 Å². The number of carbonyl (C=O) groups excluding carboxylic acids is 2. The number of rotatable bonds is 12. The molecular weight excluding hydrogens is 569 g/mol. The SMILES string of the molecule is Cc1ccc(CNC(=O)c2cn(CCC(F)Cn3cc(NC(=O)Cc4cc(OC(F)(F)F)ccc4F)nn3)nn2)cn1. The van der Waals surface area contributed by atoms with Gasteiger partial charge in [0.1, 0.15) is 17.7 Å². The lowest BCUT2D eigenvalue weighted by atomic mass is 10.1. The van der Waals surface area contributed by atoms with Crippen molar-refractivity contribution in [1.29, 1.82) is 0 Å². The number of amides is 2. The van der Waals surface area contributed by atoms with Crippen LogP contribution in [0.2, 0.25) is 0 Å². The van der Waals surface area contributed by atoms with Crippen LogP contribution in [0.3, 0.4) is 0 Å². The first-order chi connectivity index (χ1) is 19.9. The Kier molecular flexibility index (Phi) is 9.39. The molecule has 1 atom stereocenters. The van der Waals surface area contributed by atoms with E-state index < -0.39 is 42.3 Å². The van der Waals surface area contributed by atoms with Gasteiger partial charge in [-0.3, -0.25) is 19.3 Å². The number of aryl methyl sites for hydroxylation is 2. The molecule has 0 saturated carbocycles. The summed E-state index contributed by atoms with van der Waals surface area (Å²) >= 11 is 0. The highest BCUT2D eigenvalue weighted by Crippen LogP contribution is 2.25. The summed E-state index contributed by atoms with van der Waals surface area (Å²) in [5.74, 6) is -2.87. The number of aromatic nitrogens is 7. The Morgan fingerprint density at radius 3 is 2.60 bits per heavy atom. The Labute approximate surface area is 234 Å². The van der Waals surface area contributed by atoms with Gasteiger partial charge in [0.25, 0.3) is 5.91 Å². The predicted octanol–water partition coefficient (Wildman–Crippen LogP) is 3.15. The zero-order chi connectivity index (χ0) is 30.3. The molecule has 1 aromatic carbocycles. The third kappa shape index (κ3) is 9.03. The Morgan fingerprint density at radius 2 is 1.86 bits per heavy atom. The van der Waals surface area contributed by atoms with Crippen LogP contribution in [0.5, 0.6) is 5.75 Å². The molecule has 1 unspecified atom stereocenters. The molecule has 0 bridgehead atoms. The second-order valence-corrected chi connectivity index (χ2v) is 9.10. The standard InChI is InChI=1S/C25H24F5N9O3/c1-15-2-3-16(10-31-15)11-32-24(41)21-13-38(36-34-21)7-6-18(26)12-39-14-22(35-37-39)33-23(40)9-17-8-19(4-5-20(17)27)42-25(28,29)30/h2-5,8,10,13-14,18H,6-7,9,11-12H2,1H3,(H,32,41)(H,33,40). The first-order valence-corrected chi connectivity index (χ1v) is 12.4. The Hall–Kier alpha value is -4.96. The molecule has 12 nitrogen and oxygen atoms in total. The predicted molar refractivity (Wildman–Crippen MR) is 135 cm³/mol. The van der Waals surface area contributed by atoms with Gasteiger partial charge in [-0.2, -0.15) is 0 Å². The number of ether oxygens (including phenoxy) is 1. The van der Waals surface area contributed by atoms with Crippen molar-refractivity contribution >= 4 is 17.6 Å². The largest absolute Gasteiger partial charge is 0.573 e. The average Bonchev–Trinajstić information content (AvgIpc) is 3.57. The van der Waals surface area contributed by atoms with Crippen molar-refractivity contribution in [3.8, 4) is 5.75 Å². The van der Waals surface area contributed by atoms with E-state index in [1.165, 1.54) is 17.1 Å². The second kappa shape index (κ2) is 13.1. The van der Waals surface area contributed by atoms with Gasteiger partial charge in [0.05, 0.1) is 25.4 Å². The molecule has 2 N–H and O–H groups in total. The number of nitrogens with one attached hydrogen (secondary N) is 2. The Bertz CT molecular complexity index is 1520. The number of anilines is 1. The summed E-state index contributed by atoms with van der Waals surface area (Å²) in [4.78, 5) is 28.7. The van der Waals surface area contributed by atoms with Gasteiger partial charge in [-0.15, -0.1) is 23.4 Å². The fourth-order valence-electron chi connectivity index (χ4n) is 3.64. The molecule has 0 saturated heterocycles. The number of nitrogens with zero attached hydrogens (tertiary/aromatic N) is 7. The van der Waals surface area contributed by atoms with Crippen molar-refractivity contribution < 1.29 is 36.3 Å². The number of hydrogen-bond donors (Lipinski definition) is 2. The lowest BCUT2D eigenvalue weighted by Crippen LogP contribution is -2.23. The van der Waals surface area contributed by atoms with E-state index in [0.717, 1.165) is 34.1 Å². The van der Waals surface area contributed by atoms with Gasteiger partial charge in [0.2, 0.25) is 5.91 Å². The fraction of sp³-hybridized carbons (Fsp3) is 0.320. The fourth-order valence-corrected chi connectivity index (χ4v) is 3.64. The molecule has 2 amide bonds. The zero-order valence-electron chi connectivity index (χ0n) is 22.0. The lowest BCUT2D eigenvalue weighted by molar-refractivity contribution is -0.274. The molecule has 3 heterocycles. The highest BCUT2D eigenvalue weighted by Gasteiger charge is 2.31. The monoisotopic (exact) mass is 593 g/mol. The summed E-state index contributed by atoms with van der Waals surface area (Å²) in [6, 6.07) is 5.97. The average molecular weight is 594 g/mol. The van der Waals surface area contributed by atoms with Crippen molar-refractivity contribution in [3.63, 3.8) is 0 Å². The molecule has 0 aliphatic heterocycles. The van der Waals surface area contributed by atoms with E-state index in [1.807, 2.05) is 19.1 Å². The van der Waals surface area contributed by atoms with Crippen LogP contribution in [0.15, 0.2) is 48.9 Å². The Balaban J connectivity index is 1.21. The van der Waals surface area contributed by atoms with E-state index in [-0.39, 0.29) is 43.1 Å². The minimum atomic E-state index is -4.97. The van der Waals surface area contributed by atoms with Crippen LogP contribution in [0.4, 0.5) is 27.8 Å². The molecule has 0 spiro atoms. The van der Waals surface area contributed by atoms with Gasteiger partial charge in [0.15, 0.2) is 11.5 Å². The van der Waals surface area contributed by atoms with E-state index in [0.29, 0.717) is 0 Å². The van der Waals surface area contributed by atoms with E-state index in [1.54, 1.807) is 6.20 Å².